The van der Waals surface area contributed by atoms with Crippen LogP contribution in [-0.2, 0) is 9.09 Å². The molecule has 0 aromatic rings. The highest BCUT2D eigenvalue weighted by molar-refractivity contribution is 7.32. The Morgan fingerprint density at radius 1 is 1.17 bits per heavy atom. The van der Waals surface area contributed by atoms with Crippen LogP contribution in [0.1, 0.15) is 40.5 Å². The molecule has 0 aliphatic rings. The van der Waals surface area contributed by atoms with Gasteiger partial charge in [-0.1, -0.05) is 18.4 Å². The fourth-order valence-corrected chi connectivity index (χ4v) is 2.74. The standard InChI is InChI=1S/C11H24NO5P/c1-5-11(6-2,17-18(15)16)12(7-9(3)13)8-10(4)14/h9-10,13-14H,5-8H2,1-4H3/p+1. The highest BCUT2D eigenvalue weighted by Gasteiger charge is 2.43. The first-order chi connectivity index (χ1) is 8.27. The maximum atomic E-state index is 11.0. The minimum Gasteiger partial charge on any atom is -0.392 e. The third kappa shape index (κ3) is 5.69. The van der Waals surface area contributed by atoms with Crippen molar-refractivity contribution in [2.24, 2.45) is 0 Å². The van der Waals surface area contributed by atoms with Gasteiger partial charge in [0, 0.05) is 17.7 Å². The van der Waals surface area contributed by atoms with Crippen LogP contribution in [0.4, 0.5) is 0 Å². The Balaban J connectivity index is 5.10. The van der Waals surface area contributed by atoms with Crippen molar-refractivity contribution in [1.82, 2.24) is 4.90 Å². The van der Waals surface area contributed by atoms with Crippen LogP contribution in [0, 0.1) is 0 Å². The molecule has 0 aromatic carbocycles. The van der Waals surface area contributed by atoms with E-state index < -0.39 is 26.2 Å². The number of hydrogen-bond acceptors (Lipinski definition) is 5. The average Bonchev–Trinajstić information content (AvgIpc) is 2.23. The Bertz CT molecular complexity index is 246. The summed E-state index contributed by atoms with van der Waals surface area (Å²) in [5, 5.41) is 19.0. The first kappa shape index (κ1) is 17.9. The molecule has 7 heteroatoms. The number of aliphatic hydroxyl groups is 2. The summed E-state index contributed by atoms with van der Waals surface area (Å²) < 4.78 is 16.2. The van der Waals surface area contributed by atoms with E-state index in [1.807, 2.05) is 13.8 Å². The molecule has 18 heavy (non-hydrogen) atoms. The van der Waals surface area contributed by atoms with Gasteiger partial charge in [-0.3, -0.25) is 4.90 Å². The van der Waals surface area contributed by atoms with Gasteiger partial charge < -0.3 is 10.2 Å². The second-order valence-electron chi connectivity index (χ2n) is 4.59. The Morgan fingerprint density at radius 3 is 1.78 bits per heavy atom. The molecule has 0 amide bonds. The normalized spacial score (nSPS) is 16.8. The molecule has 0 radical (unpaired) electrons. The fraction of sp³-hybridized carbons (Fsp3) is 1.00. The van der Waals surface area contributed by atoms with E-state index in [1.54, 1.807) is 18.7 Å². The second kappa shape index (κ2) is 8.15. The van der Waals surface area contributed by atoms with Crippen LogP contribution in [0.2, 0.25) is 0 Å². The molecule has 6 nitrogen and oxygen atoms in total. The van der Waals surface area contributed by atoms with Gasteiger partial charge in [-0.15, -0.1) is 4.89 Å². The van der Waals surface area contributed by atoms with Crippen molar-refractivity contribution < 1.29 is 24.2 Å². The van der Waals surface area contributed by atoms with Gasteiger partial charge in [-0.2, -0.15) is 0 Å². The number of rotatable bonds is 9. The van der Waals surface area contributed by atoms with Crippen molar-refractivity contribution in [3.05, 3.63) is 0 Å². The van der Waals surface area contributed by atoms with Gasteiger partial charge >= 0.3 is 8.25 Å². The molecule has 0 saturated carbocycles. The summed E-state index contributed by atoms with van der Waals surface area (Å²) in [4.78, 5) is 10.7. The zero-order chi connectivity index (χ0) is 14.3. The molecule has 0 rings (SSSR count). The minimum atomic E-state index is -2.74. The highest BCUT2D eigenvalue weighted by atomic mass is 31.1. The maximum absolute atomic E-state index is 11.0. The predicted octanol–water partition coefficient (Wildman–Crippen LogP) is 1.23. The summed E-state index contributed by atoms with van der Waals surface area (Å²) in [7, 11) is -2.74. The van der Waals surface area contributed by atoms with Crippen molar-refractivity contribution >= 4 is 8.25 Å². The molecule has 0 aliphatic carbocycles. The lowest BCUT2D eigenvalue weighted by Gasteiger charge is -2.39. The van der Waals surface area contributed by atoms with Crippen LogP contribution < -0.4 is 0 Å². The Kier molecular flexibility index (Phi) is 8.10. The lowest BCUT2D eigenvalue weighted by molar-refractivity contribution is -0.116. The van der Waals surface area contributed by atoms with E-state index in [2.05, 4.69) is 0 Å². The number of nitrogens with zero attached hydrogens (tertiary/aromatic N) is 1. The monoisotopic (exact) mass is 282 g/mol. The summed E-state index contributed by atoms with van der Waals surface area (Å²) in [5.74, 6) is 0. The Labute approximate surface area is 110 Å². The minimum absolute atomic E-state index is 0.274. The van der Waals surface area contributed by atoms with E-state index in [4.69, 9.17) is 9.42 Å². The lowest BCUT2D eigenvalue weighted by atomic mass is 10.0. The molecule has 0 aromatic heterocycles. The molecule has 108 valence electrons. The molecule has 3 unspecified atom stereocenters. The van der Waals surface area contributed by atoms with Crippen LogP contribution in [0.15, 0.2) is 0 Å². The first-order valence-corrected chi connectivity index (χ1v) is 7.36. The van der Waals surface area contributed by atoms with E-state index in [0.717, 1.165) is 0 Å². The lowest BCUT2D eigenvalue weighted by Crippen LogP contribution is -2.53. The topological polar surface area (TPSA) is 90.2 Å². The summed E-state index contributed by atoms with van der Waals surface area (Å²) in [6.45, 7) is 7.50. The van der Waals surface area contributed by atoms with Crippen molar-refractivity contribution in [2.75, 3.05) is 13.1 Å². The zero-order valence-corrected chi connectivity index (χ0v) is 12.4. The zero-order valence-electron chi connectivity index (χ0n) is 11.5. The van der Waals surface area contributed by atoms with Crippen LogP contribution in [0.5, 0.6) is 0 Å². The molecule has 3 N–H and O–H groups in total. The third-order valence-electron chi connectivity index (χ3n) is 2.90. The average molecular weight is 282 g/mol. The van der Waals surface area contributed by atoms with E-state index in [9.17, 15) is 14.8 Å². The third-order valence-corrected chi connectivity index (χ3v) is 3.39. The van der Waals surface area contributed by atoms with E-state index >= 15 is 0 Å². The summed E-state index contributed by atoms with van der Waals surface area (Å²) in [6, 6.07) is 0. The molecule has 0 saturated heterocycles. The fourth-order valence-electron chi connectivity index (χ4n) is 2.07. The molecular weight excluding hydrogens is 257 g/mol. The van der Waals surface area contributed by atoms with Crippen LogP contribution >= 0.6 is 8.25 Å². The number of aliphatic hydroxyl groups excluding tert-OH is 2. The molecule has 0 spiro atoms. The molecule has 0 heterocycles. The molecule has 3 atom stereocenters. The first-order valence-electron chi connectivity index (χ1n) is 6.23. The van der Waals surface area contributed by atoms with Crippen molar-refractivity contribution in [2.45, 2.75) is 58.5 Å². The van der Waals surface area contributed by atoms with Crippen LogP contribution in [0.25, 0.3) is 0 Å². The van der Waals surface area contributed by atoms with Gasteiger partial charge in [0.1, 0.15) is 0 Å². The van der Waals surface area contributed by atoms with Gasteiger partial charge in [0.25, 0.3) is 0 Å². The van der Waals surface area contributed by atoms with Crippen molar-refractivity contribution in [1.29, 1.82) is 0 Å². The molecule has 0 fully saturated rings. The van der Waals surface area contributed by atoms with Gasteiger partial charge in [0.2, 0.25) is 0 Å². The summed E-state index contributed by atoms with van der Waals surface area (Å²) in [5.41, 5.74) is -0.934. The van der Waals surface area contributed by atoms with Gasteiger partial charge in [0.05, 0.1) is 12.2 Å². The summed E-state index contributed by atoms with van der Waals surface area (Å²) in [6.07, 6.45) is -0.238. The Morgan fingerprint density at radius 2 is 1.56 bits per heavy atom. The maximum Gasteiger partial charge on any atom is 0.696 e. The van der Waals surface area contributed by atoms with Gasteiger partial charge in [-0.05, 0) is 26.7 Å². The van der Waals surface area contributed by atoms with E-state index in [0.29, 0.717) is 12.8 Å². The van der Waals surface area contributed by atoms with Crippen LogP contribution in [-0.4, -0.2) is 51.0 Å². The SMILES string of the molecule is CCC(CC)(O[P+](=O)O)N(CC(C)O)CC(C)O. The van der Waals surface area contributed by atoms with Gasteiger partial charge in [0.15, 0.2) is 5.72 Å². The van der Waals surface area contributed by atoms with E-state index in [-0.39, 0.29) is 13.1 Å². The quantitative estimate of drug-likeness (QED) is 0.435. The molecular formula is C11H25NO5P+. The largest absolute Gasteiger partial charge is 0.696 e. The second-order valence-corrected chi connectivity index (χ2v) is 5.24. The van der Waals surface area contributed by atoms with Crippen molar-refractivity contribution in [3.8, 4) is 0 Å². The van der Waals surface area contributed by atoms with Crippen molar-refractivity contribution in [3.63, 3.8) is 0 Å². The molecule has 0 aliphatic heterocycles. The molecule has 0 bridgehead atoms. The number of hydrogen-bond donors (Lipinski definition) is 3. The van der Waals surface area contributed by atoms with Gasteiger partial charge in [-0.25, -0.2) is 0 Å². The Hall–Kier alpha value is -0.100. The summed E-state index contributed by atoms with van der Waals surface area (Å²) >= 11 is 0. The smallest absolute Gasteiger partial charge is 0.392 e. The van der Waals surface area contributed by atoms with Crippen LogP contribution in [0.3, 0.4) is 0 Å². The highest BCUT2D eigenvalue weighted by Crippen LogP contribution is 2.35. The van der Waals surface area contributed by atoms with E-state index in [1.165, 1.54) is 0 Å². The predicted molar refractivity (Wildman–Crippen MR) is 69.2 cm³/mol.